The van der Waals surface area contributed by atoms with Crippen molar-refractivity contribution in [3.05, 3.63) is 0 Å². The van der Waals surface area contributed by atoms with Gasteiger partial charge in [0, 0.05) is 12.6 Å². The molecule has 17 heavy (non-hydrogen) atoms. The van der Waals surface area contributed by atoms with Gasteiger partial charge in [-0.25, -0.2) is 0 Å². The lowest BCUT2D eigenvalue weighted by atomic mass is 10.2. The number of nitrogens with one attached hydrogen (secondary N) is 1. The minimum atomic E-state index is -2.85. The Morgan fingerprint density at radius 2 is 1.88 bits per heavy atom. The van der Waals surface area contributed by atoms with E-state index in [4.69, 9.17) is 9.05 Å². The van der Waals surface area contributed by atoms with Crippen LogP contribution in [0, 0.1) is 5.92 Å². The highest BCUT2D eigenvalue weighted by molar-refractivity contribution is 7.53. The molecule has 1 saturated carbocycles. The Morgan fingerprint density at radius 1 is 1.24 bits per heavy atom. The van der Waals surface area contributed by atoms with Crippen LogP contribution in [0.4, 0.5) is 0 Å². The molecular formula is C12H26NO3P. The molecule has 2 unspecified atom stereocenters. The molecule has 1 aliphatic rings. The van der Waals surface area contributed by atoms with E-state index in [1.165, 1.54) is 19.3 Å². The van der Waals surface area contributed by atoms with Crippen LogP contribution in [-0.4, -0.2) is 32.0 Å². The summed E-state index contributed by atoms with van der Waals surface area (Å²) in [6.07, 6.45) is 4.29. The smallest absolute Gasteiger partial charge is 0.313 e. The second-order valence-electron chi connectivity index (χ2n) is 4.52. The first-order valence-corrected chi connectivity index (χ1v) is 8.49. The van der Waals surface area contributed by atoms with Crippen molar-refractivity contribution in [2.45, 2.75) is 46.1 Å². The van der Waals surface area contributed by atoms with Crippen molar-refractivity contribution < 1.29 is 13.6 Å². The first-order chi connectivity index (χ1) is 8.15. The quantitative estimate of drug-likeness (QED) is 0.615. The van der Waals surface area contributed by atoms with E-state index in [-0.39, 0.29) is 0 Å². The summed E-state index contributed by atoms with van der Waals surface area (Å²) < 4.78 is 22.6. The van der Waals surface area contributed by atoms with Crippen molar-refractivity contribution in [3.63, 3.8) is 0 Å². The van der Waals surface area contributed by atoms with E-state index in [1.54, 1.807) is 0 Å². The first kappa shape index (κ1) is 15.2. The SMILES string of the molecule is CCCC1CC1NCCP(=O)(OCC)OCC. The summed E-state index contributed by atoms with van der Waals surface area (Å²) in [6, 6.07) is 0.631. The van der Waals surface area contributed by atoms with Gasteiger partial charge in [-0.15, -0.1) is 0 Å². The van der Waals surface area contributed by atoms with Gasteiger partial charge in [0.25, 0.3) is 0 Å². The van der Waals surface area contributed by atoms with Crippen molar-refractivity contribution in [2.75, 3.05) is 25.9 Å². The monoisotopic (exact) mass is 263 g/mol. The van der Waals surface area contributed by atoms with Crippen LogP contribution in [0.25, 0.3) is 0 Å². The van der Waals surface area contributed by atoms with E-state index in [2.05, 4.69) is 12.2 Å². The van der Waals surface area contributed by atoms with Crippen LogP contribution in [-0.2, 0) is 13.6 Å². The van der Waals surface area contributed by atoms with Crippen molar-refractivity contribution in [2.24, 2.45) is 5.92 Å². The van der Waals surface area contributed by atoms with Crippen LogP contribution in [0.5, 0.6) is 0 Å². The van der Waals surface area contributed by atoms with Gasteiger partial charge in [-0.2, -0.15) is 0 Å². The second kappa shape index (κ2) is 7.52. The Kier molecular flexibility index (Phi) is 6.71. The van der Waals surface area contributed by atoms with Crippen LogP contribution in [0.3, 0.4) is 0 Å². The zero-order chi connectivity index (χ0) is 12.7. The number of hydrogen-bond donors (Lipinski definition) is 1. The van der Waals surface area contributed by atoms with Gasteiger partial charge >= 0.3 is 7.60 Å². The molecule has 0 aliphatic heterocycles. The van der Waals surface area contributed by atoms with Crippen LogP contribution < -0.4 is 5.32 Å². The van der Waals surface area contributed by atoms with E-state index >= 15 is 0 Å². The van der Waals surface area contributed by atoms with Crippen LogP contribution in [0.2, 0.25) is 0 Å². The van der Waals surface area contributed by atoms with E-state index in [0.717, 1.165) is 12.5 Å². The highest BCUT2D eigenvalue weighted by atomic mass is 31.2. The summed E-state index contributed by atoms with van der Waals surface area (Å²) in [5.41, 5.74) is 0. The van der Waals surface area contributed by atoms with Crippen molar-refractivity contribution in [1.29, 1.82) is 0 Å². The fourth-order valence-corrected chi connectivity index (χ4v) is 3.66. The normalized spacial score (nSPS) is 23.9. The molecule has 0 amide bonds. The molecule has 102 valence electrons. The standard InChI is InChI=1S/C12H26NO3P/c1-4-7-11-10-12(11)13-8-9-17(14,15-5-2)16-6-3/h11-13H,4-10H2,1-3H3. The number of rotatable bonds is 10. The van der Waals surface area contributed by atoms with E-state index < -0.39 is 7.60 Å². The minimum absolute atomic E-state index is 0.444. The largest absolute Gasteiger partial charge is 0.331 e. The maximum Gasteiger partial charge on any atom is 0.331 e. The summed E-state index contributed by atoms with van der Waals surface area (Å²) in [5.74, 6) is 0.832. The molecular weight excluding hydrogens is 237 g/mol. The zero-order valence-corrected chi connectivity index (χ0v) is 12.2. The van der Waals surface area contributed by atoms with Crippen LogP contribution >= 0.6 is 7.60 Å². The highest BCUT2D eigenvalue weighted by Crippen LogP contribution is 2.47. The van der Waals surface area contributed by atoms with Crippen molar-refractivity contribution in [1.82, 2.24) is 5.32 Å². The molecule has 1 N–H and O–H groups in total. The molecule has 1 aliphatic carbocycles. The third kappa shape index (κ3) is 5.52. The predicted molar refractivity (Wildman–Crippen MR) is 70.5 cm³/mol. The minimum Gasteiger partial charge on any atom is -0.313 e. The molecule has 0 radical (unpaired) electrons. The lowest BCUT2D eigenvalue weighted by Gasteiger charge is -2.17. The van der Waals surface area contributed by atoms with Gasteiger partial charge in [0.1, 0.15) is 0 Å². The van der Waals surface area contributed by atoms with E-state index in [9.17, 15) is 4.57 Å². The molecule has 0 heterocycles. The molecule has 0 saturated heterocycles. The average molecular weight is 263 g/mol. The maximum absolute atomic E-state index is 12.1. The Balaban J connectivity index is 2.17. The van der Waals surface area contributed by atoms with Gasteiger partial charge in [0.2, 0.25) is 0 Å². The second-order valence-corrected chi connectivity index (χ2v) is 6.70. The Hall–Kier alpha value is 0.110. The van der Waals surface area contributed by atoms with Gasteiger partial charge in [0.15, 0.2) is 0 Å². The maximum atomic E-state index is 12.1. The van der Waals surface area contributed by atoms with Crippen LogP contribution in [0.1, 0.15) is 40.0 Å². The van der Waals surface area contributed by atoms with Crippen molar-refractivity contribution in [3.8, 4) is 0 Å². The summed E-state index contributed by atoms with van der Waals surface area (Å²) >= 11 is 0. The summed E-state index contributed by atoms with van der Waals surface area (Å²) in [7, 11) is -2.85. The Bertz CT molecular complexity index is 250. The molecule has 1 rings (SSSR count). The molecule has 0 spiro atoms. The third-order valence-corrected chi connectivity index (χ3v) is 5.10. The molecule has 0 aromatic carbocycles. The predicted octanol–water partition coefficient (Wildman–Crippen LogP) is 3.03. The molecule has 1 fully saturated rings. The van der Waals surface area contributed by atoms with Gasteiger partial charge < -0.3 is 14.4 Å². The molecule has 0 bridgehead atoms. The summed E-state index contributed by atoms with van der Waals surface area (Å²) in [4.78, 5) is 0. The molecule has 5 heteroatoms. The van der Waals surface area contributed by atoms with Gasteiger partial charge in [-0.1, -0.05) is 13.3 Å². The van der Waals surface area contributed by atoms with Gasteiger partial charge in [-0.3, -0.25) is 4.57 Å². The Morgan fingerprint density at radius 3 is 2.41 bits per heavy atom. The topological polar surface area (TPSA) is 47.6 Å². The van der Waals surface area contributed by atoms with E-state index in [0.29, 0.717) is 25.4 Å². The highest BCUT2D eigenvalue weighted by Gasteiger charge is 2.35. The first-order valence-electron chi connectivity index (χ1n) is 6.76. The fraction of sp³-hybridized carbons (Fsp3) is 1.00. The van der Waals surface area contributed by atoms with Gasteiger partial charge in [-0.05, 0) is 32.6 Å². The molecule has 4 nitrogen and oxygen atoms in total. The lowest BCUT2D eigenvalue weighted by Crippen LogP contribution is -2.23. The molecule has 0 aromatic rings. The molecule has 0 aromatic heterocycles. The van der Waals surface area contributed by atoms with Crippen molar-refractivity contribution >= 4 is 7.60 Å². The average Bonchev–Trinajstić information content (AvgIpc) is 2.98. The van der Waals surface area contributed by atoms with E-state index in [1.807, 2.05) is 13.8 Å². The third-order valence-electron chi connectivity index (χ3n) is 3.03. The fourth-order valence-electron chi connectivity index (χ4n) is 2.13. The van der Waals surface area contributed by atoms with Gasteiger partial charge in [0.05, 0.1) is 19.4 Å². The Labute approximate surface area is 105 Å². The summed E-state index contributed by atoms with van der Waals surface area (Å²) in [5, 5.41) is 3.43. The van der Waals surface area contributed by atoms with Crippen LogP contribution in [0.15, 0.2) is 0 Å². The number of hydrogen-bond acceptors (Lipinski definition) is 4. The zero-order valence-electron chi connectivity index (χ0n) is 11.3. The molecule has 2 atom stereocenters. The lowest BCUT2D eigenvalue weighted by molar-refractivity contribution is 0.220. The summed E-state index contributed by atoms with van der Waals surface area (Å²) in [6.45, 7) is 7.52.